The van der Waals surface area contributed by atoms with Gasteiger partial charge in [0.25, 0.3) is 0 Å². The van der Waals surface area contributed by atoms with Crippen molar-refractivity contribution in [2.75, 3.05) is 33.7 Å². The lowest BCUT2D eigenvalue weighted by molar-refractivity contribution is -0.144. The molecule has 2 heterocycles. The minimum atomic E-state index is -0.796. The summed E-state index contributed by atoms with van der Waals surface area (Å²) < 4.78 is 0. The average molecular weight is 453 g/mol. The summed E-state index contributed by atoms with van der Waals surface area (Å²) >= 11 is 0. The SMILES string of the molecule is CC(C)[C@@H](CN1CCC[C@H]1C(=O)O)N(C)C(=O)[C@@H](NC(=O)C1CCCCN1C)C(C)(C)C. The van der Waals surface area contributed by atoms with Crippen LogP contribution >= 0.6 is 0 Å². The van der Waals surface area contributed by atoms with E-state index >= 15 is 0 Å². The van der Waals surface area contributed by atoms with Crippen molar-refractivity contribution in [2.24, 2.45) is 11.3 Å². The second-order valence-corrected chi connectivity index (χ2v) is 11.1. The highest BCUT2D eigenvalue weighted by atomic mass is 16.4. The van der Waals surface area contributed by atoms with E-state index in [0.29, 0.717) is 13.0 Å². The van der Waals surface area contributed by atoms with Gasteiger partial charge in [0.2, 0.25) is 11.8 Å². The van der Waals surface area contributed by atoms with Crippen molar-refractivity contribution < 1.29 is 19.5 Å². The predicted octanol–water partition coefficient (Wildman–Crippen LogP) is 2.03. The number of carboxylic acids is 1. The fourth-order valence-electron chi connectivity index (χ4n) is 5.01. The summed E-state index contributed by atoms with van der Waals surface area (Å²) in [4.78, 5) is 44.2. The Kier molecular flexibility index (Phi) is 9.11. The highest BCUT2D eigenvalue weighted by Gasteiger charge is 2.40. The number of carbonyl (C=O) groups excluding carboxylic acids is 2. The summed E-state index contributed by atoms with van der Waals surface area (Å²) in [5.41, 5.74) is -0.451. The van der Waals surface area contributed by atoms with E-state index in [1.807, 2.05) is 32.7 Å². The molecule has 2 saturated heterocycles. The number of nitrogens with zero attached hydrogens (tertiary/aromatic N) is 3. The summed E-state index contributed by atoms with van der Waals surface area (Å²) in [6.07, 6.45) is 4.42. The Hall–Kier alpha value is -1.67. The lowest BCUT2D eigenvalue weighted by Gasteiger charge is -2.41. The Balaban J connectivity index is 2.17. The number of hydrogen-bond acceptors (Lipinski definition) is 5. The molecule has 8 nitrogen and oxygen atoms in total. The fraction of sp³-hybridized carbons (Fsp3) is 0.875. The second-order valence-electron chi connectivity index (χ2n) is 11.1. The number of hydrogen-bond donors (Lipinski definition) is 2. The van der Waals surface area contributed by atoms with E-state index in [9.17, 15) is 19.5 Å². The molecule has 2 fully saturated rings. The third-order valence-electron chi connectivity index (χ3n) is 7.16. The Bertz CT molecular complexity index is 675. The quantitative estimate of drug-likeness (QED) is 0.585. The van der Waals surface area contributed by atoms with Crippen LogP contribution in [-0.2, 0) is 14.4 Å². The molecule has 0 radical (unpaired) electrons. The Morgan fingerprint density at radius 3 is 2.22 bits per heavy atom. The lowest BCUT2D eigenvalue weighted by Crippen LogP contribution is -2.61. The first-order chi connectivity index (χ1) is 14.8. The average Bonchev–Trinajstić information content (AvgIpc) is 3.17. The molecule has 0 aliphatic carbocycles. The van der Waals surface area contributed by atoms with E-state index in [-0.39, 0.29) is 29.8 Å². The van der Waals surface area contributed by atoms with E-state index in [1.165, 1.54) is 0 Å². The normalized spacial score (nSPS) is 24.9. The molecule has 0 bridgehead atoms. The molecule has 2 aliphatic rings. The monoisotopic (exact) mass is 452 g/mol. The number of likely N-dealkylation sites (N-methyl/N-ethyl adjacent to an activating group) is 2. The van der Waals surface area contributed by atoms with Gasteiger partial charge in [0.05, 0.1) is 6.04 Å². The van der Waals surface area contributed by atoms with Gasteiger partial charge in [0, 0.05) is 19.6 Å². The standard InChI is InChI=1S/C24H44N4O4/c1-16(2)19(15-28-14-10-12-18(28)23(31)32)27(7)22(30)20(24(3,4)5)25-21(29)17-11-8-9-13-26(17)6/h16-20H,8-15H2,1-7H3,(H,25,29)(H,31,32)/t17?,18-,19+,20+/m0/s1. The summed E-state index contributed by atoms with van der Waals surface area (Å²) in [7, 11) is 3.75. The van der Waals surface area contributed by atoms with E-state index in [4.69, 9.17) is 0 Å². The molecule has 0 aromatic rings. The van der Waals surface area contributed by atoms with Crippen molar-refractivity contribution in [3.63, 3.8) is 0 Å². The number of amides is 2. The molecule has 2 aliphatic heterocycles. The van der Waals surface area contributed by atoms with Crippen LogP contribution in [0.4, 0.5) is 0 Å². The molecule has 1 unspecified atom stereocenters. The summed E-state index contributed by atoms with van der Waals surface area (Å²) in [6, 6.07) is -1.47. The van der Waals surface area contributed by atoms with Crippen LogP contribution in [-0.4, -0.2) is 95.5 Å². The highest BCUT2D eigenvalue weighted by molar-refractivity contribution is 5.90. The molecule has 0 aromatic heterocycles. The van der Waals surface area contributed by atoms with E-state index < -0.39 is 23.5 Å². The van der Waals surface area contributed by atoms with Gasteiger partial charge < -0.3 is 15.3 Å². The first kappa shape index (κ1) is 26.6. The molecule has 32 heavy (non-hydrogen) atoms. The molecular weight excluding hydrogens is 408 g/mol. The topological polar surface area (TPSA) is 93.2 Å². The summed E-state index contributed by atoms with van der Waals surface area (Å²) in [5.74, 6) is -0.843. The minimum Gasteiger partial charge on any atom is -0.480 e. The molecule has 0 saturated carbocycles. The Morgan fingerprint density at radius 1 is 1.06 bits per heavy atom. The molecule has 8 heteroatoms. The molecule has 0 aromatic carbocycles. The van der Waals surface area contributed by atoms with Gasteiger partial charge in [-0.2, -0.15) is 0 Å². The van der Waals surface area contributed by atoms with Crippen LogP contribution < -0.4 is 5.32 Å². The van der Waals surface area contributed by atoms with Crippen molar-refractivity contribution in [1.29, 1.82) is 0 Å². The van der Waals surface area contributed by atoms with Crippen molar-refractivity contribution in [3.8, 4) is 0 Å². The number of rotatable bonds is 8. The van der Waals surface area contributed by atoms with Gasteiger partial charge in [-0.3, -0.25) is 24.2 Å². The maximum atomic E-state index is 13.7. The zero-order valence-corrected chi connectivity index (χ0v) is 21.1. The number of carbonyl (C=O) groups is 3. The molecule has 184 valence electrons. The molecule has 2 N–H and O–H groups in total. The molecule has 4 atom stereocenters. The van der Waals surface area contributed by atoms with Crippen molar-refractivity contribution in [2.45, 2.75) is 90.9 Å². The smallest absolute Gasteiger partial charge is 0.320 e. The predicted molar refractivity (Wildman–Crippen MR) is 125 cm³/mol. The third-order valence-corrected chi connectivity index (χ3v) is 7.16. The van der Waals surface area contributed by atoms with Gasteiger partial charge in [-0.25, -0.2) is 0 Å². The molecule has 2 amide bonds. The zero-order valence-electron chi connectivity index (χ0n) is 21.1. The number of carboxylic acid groups (broad SMARTS) is 1. The number of aliphatic carboxylic acids is 1. The van der Waals surface area contributed by atoms with Crippen LogP contribution in [0.2, 0.25) is 0 Å². The van der Waals surface area contributed by atoms with Crippen LogP contribution in [0.3, 0.4) is 0 Å². The Labute approximate surface area is 193 Å². The summed E-state index contributed by atoms with van der Waals surface area (Å²) in [6.45, 7) is 12.2. The van der Waals surface area contributed by atoms with Gasteiger partial charge in [0.1, 0.15) is 12.1 Å². The zero-order chi connectivity index (χ0) is 24.2. The van der Waals surface area contributed by atoms with Crippen LogP contribution in [0.15, 0.2) is 0 Å². The number of likely N-dealkylation sites (tertiary alicyclic amines) is 2. The van der Waals surface area contributed by atoms with Gasteiger partial charge in [-0.15, -0.1) is 0 Å². The molecular formula is C24H44N4O4. The second kappa shape index (κ2) is 11.0. The first-order valence-corrected chi connectivity index (χ1v) is 12.1. The summed E-state index contributed by atoms with van der Waals surface area (Å²) in [5, 5.41) is 12.6. The van der Waals surface area contributed by atoms with Crippen molar-refractivity contribution in [3.05, 3.63) is 0 Å². The van der Waals surface area contributed by atoms with E-state index in [1.54, 1.807) is 11.9 Å². The van der Waals surface area contributed by atoms with Gasteiger partial charge >= 0.3 is 5.97 Å². The number of nitrogens with one attached hydrogen (secondary N) is 1. The molecule has 0 spiro atoms. The fourth-order valence-corrected chi connectivity index (χ4v) is 5.01. The van der Waals surface area contributed by atoms with E-state index in [0.717, 1.165) is 38.8 Å². The highest BCUT2D eigenvalue weighted by Crippen LogP contribution is 2.26. The van der Waals surface area contributed by atoms with Crippen LogP contribution in [0.25, 0.3) is 0 Å². The number of piperidine rings is 1. The maximum Gasteiger partial charge on any atom is 0.320 e. The van der Waals surface area contributed by atoms with Crippen molar-refractivity contribution >= 4 is 17.8 Å². The maximum absolute atomic E-state index is 13.7. The van der Waals surface area contributed by atoms with Gasteiger partial charge in [-0.05, 0) is 57.2 Å². The largest absolute Gasteiger partial charge is 0.480 e. The van der Waals surface area contributed by atoms with Gasteiger partial charge in [0.15, 0.2) is 0 Å². The van der Waals surface area contributed by atoms with Crippen molar-refractivity contribution in [1.82, 2.24) is 20.0 Å². The van der Waals surface area contributed by atoms with Gasteiger partial charge in [-0.1, -0.05) is 41.0 Å². The lowest BCUT2D eigenvalue weighted by atomic mass is 9.84. The van der Waals surface area contributed by atoms with Crippen LogP contribution in [0.1, 0.15) is 66.7 Å². The first-order valence-electron chi connectivity index (χ1n) is 12.1. The van der Waals surface area contributed by atoms with Crippen LogP contribution in [0, 0.1) is 11.3 Å². The van der Waals surface area contributed by atoms with E-state index in [2.05, 4.69) is 24.1 Å². The minimum absolute atomic E-state index is 0.0829. The van der Waals surface area contributed by atoms with Crippen LogP contribution in [0.5, 0.6) is 0 Å². The third kappa shape index (κ3) is 6.44. The molecule has 2 rings (SSSR count). The Morgan fingerprint density at radius 2 is 1.69 bits per heavy atom.